The van der Waals surface area contributed by atoms with Crippen LogP contribution >= 0.6 is 11.8 Å². The first-order chi connectivity index (χ1) is 8.89. The van der Waals surface area contributed by atoms with E-state index in [0.717, 1.165) is 36.5 Å². The number of nitrogen functional groups attached to an aromatic ring is 1. The van der Waals surface area contributed by atoms with Gasteiger partial charge in [-0.1, -0.05) is 0 Å². The maximum absolute atomic E-state index is 12.7. The molecular formula is C13H16F3NOS. The predicted octanol–water partition coefficient (Wildman–Crippen LogP) is 3.46. The Kier molecular flexibility index (Phi) is 4.30. The molecule has 6 heteroatoms. The minimum atomic E-state index is -4.41. The van der Waals surface area contributed by atoms with Crippen LogP contribution in [-0.2, 0) is 6.18 Å². The quantitative estimate of drug-likeness (QED) is 0.820. The van der Waals surface area contributed by atoms with E-state index in [2.05, 4.69) is 0 Å². The summed E-state index contributed by atoms with van der Waals surface area (Å²) in [5.41, 5.74) is 5.36. The van der Waals surface area contributed by atoms with Gasteiger partial charge in [0.15, 0.2) is 0 Å². The Balaban J connectivity index is 2.27. The molecule has 2 rings (SSSR count). The van der Waals surface area contributed by atoms with E-state index in [4.69, 9.17) is 5.73 Å². The van der Waals surface area contributed by atoms with E-state index in [0.29, 0.717) is 0 Å². The molecule has 0 aromatic heterocycles. The molecule has 1 fully saturated rings. The lowest BCUT2D eigenvalue weighted by atomic mass is 9.91. The summed E-state index contributed by atoms with van der Waals surface area (Å²) in [5.74, 6) is 1.78. The minimum absolute atomic E-state index is 0.0236. The summed E-state index contributed by atoms with van der Waals surface area (Å²) in [7, 11) is 0. The van der Waals surface area contributed by atoms with Crippen LogP contribution in [0.25, 0.3) is 0 Å². The van der Waals surface area contributed by atoms with Crippen LogP contribution in [0, 0.1) is 5.92 Å². The van der Waals surface area contributed by atoms with E-state index in [9.17, 15) is 18.3 Å². The van der Waals surface area contributed by atoms with Gasteiger partial charge >= 0.3 is 6.18 Å². The van der Waals surface area contributed by atoms with E-state index < -0.39 is 17.8 Å². The van der Waals surface area contributed by atoms with Crippen molar-refractivity contribution in [2.45, 2.75) is 25.1 Å². The Morgan fingerprint density at radius 3 is 2.68 bits per heavy atom. The van der Waals surface area contributed by atoms with E-state index in [-0.39, 0.29) is 17.2 Å². The summed E-state index contributed by atoms with van der Waals surface area (Å²) in [6.07, 6.45) is -3.53. The number of hydrogen-bond acceptors (Lipinski definition) is 3. The largest absolute Gasteiger partial charge is 0.416 e. The third-order valence-electron chi connectivity index (χ3n) is 3.37. The van der Waals surface area contributed by atoms with Crippen LogP contribution in [0.15, 0.2) is 18.2 Å². The Bertz CT molecular complexity index is 444. The van der Waals surface area contributed by atoms with Gasteiger partial charge < -0.3 is 10.8 Å². The van der Waals surface area contributed by atoms with Crippen molar-refractivity contribution in [2.24, 2.45) is 5.92 Å². The molecule has 1 aromatic carbocycles. The van der Waals surface area contributed by atoms with Crippen LogP contribution in [0.1, 0.15) is 30.1 Å². The standard InChI is InChI=1S/C13H16F3NOS/c14-13(15,16)9-3-4-11(17)10(6-9)12(18)8-2-1-5-19-7-8/h3-4,6,8,12,18H,1-2,5,7,17H2. The molecule has 0 saturated carbocycles. The molecule has 1 aromatic rings. The molecule has 2 nitrogen and oxygen atoms in total. The average molecular weight is 291 g/mol. The fraction of sp³-hybridized carbons (Fsp3) is 0.538. The zero-order chi connectivity index (χ0) is 14.0. The van der Waals surface area contributed by atoms with Crippen molar-refractivity contribution >= 4 is 17.4 Å². The Hall–Kier alpha value is -0.880. The fourth-order valence-corrected chi connectivity index (χ4v) is 3.46. The van der Waals surface area contributed by atoms with Crippen LogP contribution in [0.5, 0.6) is 0 Å². The molecule has 1 saturated heterocycles. The van der Waals surface area contributed by atoms with Crippen molar-refractivity contribution in [1.29, 1.82) is 0 Å². The van der Waals surface area contributed by atoms with Gasteiger partial charge in [-0.25, -0.2) is 0 Å². The lowest BCUT2D eigenvalue weighted by molar-refractivity contribution is -0.137. The molecule has 19 heavy (non-hydrogen) atoms. The molecule has 1 aliphatic heterocycles. The summed E-state index contributed by atoms with van der Waals surface area (Å²) in [6.45, 7) is 0. The highest BCUT2D eigenvalue weighted by molar-refractivity contribution is 7.99. The first-order valence-electron chi connectivity index (χ1n) is 6.12. The number of nitrogens with two attached hydrogens (primary N) is 1. The highest BCUT2D eigenvalue weighted by Crippen LogP contribution is 2.38. The van der Waals surface area contributed by atoms with Crippen LogP contribution in [0.4, 0.5) is 18.9 Å². The third kappa shape index (κ3) is 3.36. The van der Waals surface area contributed by atoms with Crippen molar-refractivity contribution in [3.8, 4) is 0 Å². The molecule has 2 atom stereocenters. The van der Waals surface area contributed by atoms with E-state index in [1.54, 1.807) is 11.8 Å². The molecular weight excluding hydrogens is 275 g/mol. The number of alkyl halides is 3. The van der Waals surface area contributed by atoms with Crippen molar-refractivity contribution in [2.75, 3.05) is 17.2 Å². The number of anilines is 1. The molecule has 1 heterocycles. The first-order valence-corrected chi connectivity index (χ1v) is 7.27. The molecule has 0 amide bonds. The van der Waals surface area contributed by atoms with Gasteiger partial charge in [0.05, 0.1) is 11.7 Å². The second-order valence-electron chi connectivity index (χ2n) is 4.76. The predicted molar refractivity (Wildman–Crippen MR) is 70.9 cm³/mol. The topological polar surface area (TPSA) is 46.2 Å². The van der Waals surface area contributed by atoms with Gasteiger partial charge in [0.2, 0.25) is 0 Å². The zero-order valence-electron chi connectivity index (χ0n) is 10.3. The summed E-state index contributed by atoms with van der Waals surface area (Å²) >= 11 is 1.72. The van der Waals surface area contributed by atoms with Crippen molar-refractivity contribution in [1.82, 2.24) is 0 Å². The van der Waals surface area contributed by atoms with Crippen molar-refractivity contribution in [3.63, 3.8) is 0 Å². The Labute approximate surface area is 114 Å². The van der Waals surface area contributed by atoms with E-state index in [1.165, 1.54) is 6.07 Å². The molecule has 0 spiro atoms. The molecule has 3 N–H and O–H groups in total. The average Bonchev–Trinajstić information content (AvgIpc) is 2.38. The van der Waals surface area contributed by atoms with Crippen LogP contribution in [-0.4, -0.2) is 16.6 Å². The fourth-order valence-electron chi connectivity index (χ4n) is 2.28. The van der Waals surface area contributed by atoms with Gasteiger partial charge in [0, 0.05) is 11.3 Å². The maximum atomic E-state index is 12.7. The van der Waals surface area contributed by atoms with Gasteiger partial charge in [0.1, 0.15) is 0 Å². The molecule has 0 aliphatic carbocycles. The van der Waals surface area contributed by atoms with Gasteiger partial charge in [-0.05, 0) is 48.5 Å². The highest BCUT2D eigenvalue weighted by Gasteiger charge is 2.33. The number of benzene rings is 1. The van der Waals surface area contributed by atoms with Crippen LogP contribution in [0.2, 0.25) is 0 Å². The number of halogens is 3. The van der Waals surface area contributed by atoms with Crippen LogP contribution < -0.4 is 5.73 Å². The maximum Gasteiger partial charge on any atom is 0.416 e. The van der Waals surface area contributed by atoms with E-state index in [1.807, 2.05) is 0 Å². The second-order valence-corrected chi connectivity index (χ2v) is 5.91. The summed E-state index contributed by atoms with van der Waals surface area (Å²) in [5, 5.41) is 10.3. The lowest BCUT2D eigenvalue weighted by Crippen LogP contribution is -2.20. The summed E-state index contributed by atoms with van der Waals surface area (Å²) in [6, 6.07) is 3.14. The van der Waals surface area contributed by atoms with Crippen molar-refractivity contribution < 1.29 is 18.3 Å². The zero-order valence-corrected chi connectivity index (χ0v) is 11.1. The molecule has 106 valence electrons. The van der Waals surface area contributed by atoms with Gasteiger partial charge in [-0.2, -0.15) is 24.9 Å². The van der Waals surface area contributed by atoms with Crippen LogP contribution in [0.3, 0.4) is 0 Å². The SMILES string of the molecule is Nc1ccc(C(F)(F)F)cc1C(O)C1CCCSC1. The monoisotopic (exact) mass is 291 g/mol. The van der Waals surface area contributed by atoms with Crippen molar-refractivity contribution in [3.05, 3.63) is 29.3 Å². The molecule has 0 radical (unpaired) electrons. The Morgan fingerprint density at radius 1 is 1.37 bits per heavy atom. The van der Waals surface area contributed by atoms with Gasteiger partial charge in [-0.15, -0.1) is 0 Å². The molecule has 2 unspecified atom stereocenters. The molecule has 1 aliphatic rings. The summed E-state index contributed by atoms with van der Waals surface area (Å²) < 4.78 is 38.0. The second kappa shape index (κ2) is 5.63. The minimum Gasteiger partial charge on any atom is -0.398 e. The molecule has 0 bridgehead atoms. The number of aliphatic hydroxyl groups is 1. The Morgan fingerprint density at radius 2 is 2.11 bits per heavy atom. The number of rotatable bonds is 2. The number of aliphatic hydroxyl groups excluding tert-OH is 1. The van der Waals surface area contributed by atoms with E-state index >= 15 is 0 Å². The third-order valence-corrected chi connectivity index (χ3v) is 4.62. The first kappa shape index (κ1) is 14.5. The summed E-state index contributed by atoms with van der Waals surface area (Å²) in [4.78, 5) is 0. The van der Waals surface area contributed by atoms with Gasteiger partial charge in [-0.3, -0.25) is 0 Å². The highest BCUT2D eigenvalue weighted by atomic mass is 32.2. The van der Waals surface area contributed by atoms with Gasteiger partial charge in [0.25, 0.3) is 0 Å². The smallest absolute Gasteiger partial charge is 0.398 e. The number of thioether (sulfide) groups is 1. The number of hydrogen-bond donors (Lipinski definition) is 2. The normalized spacial score (nSPS) is 22.2. The lowest BCUT2D eigenvalue weighted by Gasteiger charge is -2.27.